The molecule has 4 nitrogen and oxygen atoms in total. The minimum absolute atomic E-state index is 0.0586. The van der Waals surface area contributed by atoms with Gasteiger partial charge in [0.15, 0.2) is 10.6 Å². The molecule has 0 amide bonds. The topological polar surface area (TPSA) is 51.4 Å². The monoisotopic (exact) mass is 404 g/mol. The second kappa shape index (κ2) is 7.04. The number of benzene rings is 2. The van der Waals surface area contributed by atoms with Crippen molar-refractivity contribution >= 4 is 23.2 Å². The van der Waals surface area contributed by atoms with Crippen molar-refractivity contribution in [2.75, 3.05) is 0 Å². The number of rotatable bonds is 2. The Morgan fingerprint density at radius 3 is 2.69 bits per heavy atom. The Morgan fingerprint density at radius 1 is 1.07 bits per heavy atom. The minimum Gasteiger partial charge on any atom is -0.294 e. The number of halogens is 1. The molecule has 1 aromatic heterocycles. The molecule has 29 heavy (non-hydrogen) atoms. The smallest absolute Gasteiger partial charge is 0.271 e. The first-order chi connectivity index (χ1) is 14.1. The van der Waals surface area contributed by atoms with E-state index in [4.69, 9.17) is 0 Å². The summed E-state index contributed by atoms with van der Waals surface area (Å²) in [4.78, 5) is 31.4. The third kappa shape index (κ3) is 3.09. The average molecular weight is 404 g/mol. The van der Waals surface area contributed by atoms with Crippen LogP contribution in [0.2, 0.25) is 0 Å². The number of carbonyl (C=O) groups excluding carboxylic acids is 1. The second-order valence-corrected chi connectivity index (χ2v) is 8.19. The average Bonchev–Trinajstić information content (AvgIpc) is 3.02. The lowest BCUT2D eigenvalue weighted by Gasteiger charge is -2.28. The van der Waals surface area contributed by atoms with E-state index in [1.807, 2.05) is 30.3 Å². The molecule has 3 aromatic rings. The first-order valence-electron chi connectivity index (χ1n) is 9.50. The van der Waals surface area contributed by atoms with Gasteiger partial charge in [-0.2, -0.15) is 0 Å². The Bertz CT molecular complexity index is 1340. The first kappa shape index (κ1) is 17.9. The van der Waals surface area contributed by atoms with Crippen LogP contribution >= 0.6 is 11.3 Å². The fraction of sp³-hybridized carbons (Fsp3) is 0.174. The number of nitrogens with zero attached hydrogens (tertiary/aromatic N) is 2. The van der Waals surface area contributed by atoms with E-state index in [1.54, 1.807) is 22.8 Å². The van der Waals surface area contributed by atoms with E-state index in [9.17, 15) is 14.0 Å². The summed E-state index contributed by atoms with van der Waals surface area (Å²) >= 11 is 1.28. The Hall–Kier alpha value is -3.12. The molecule has 144 valence electrons. The van der Waals surface area contributed by atoms with Crippen molar-refractivity contribution < 1.29 is 9.18 Å². The minimum atomic E-state index is -0.468. The van der Waals surface area contributed by atoms with Gasteiger partial charge in [-0.1, -0.05) is 53.8 Å². The highest BCUT2D eigenvalue weighted by Gasteiger charge is 2.34. The summed E-state index contributed by atoms with van der Waals surface area (Å²) in [5.41, 5.74) is 2.72. The molecule has 2 aromatic carbocycles. The summed E-state index contributed by atoms with van der Waals surface area (Å²) in [5.74, 6) is -0.294. The van der Waals surface area contributed by atoms with Crippen LogP contribution in [0.5, 0.6) is 0 Å². The molecule has 6 heteroatoms. The van der Waals surface area contributed by atoms with E-state index in [1.165, 1.54) is 23.5 Å². The van der Waals surface area contributed by atoms with Crippen LogP contribution in [-0.2, 0) is 4.79 Å². The number of carbonyl (C=O) groups is 1. The maximum atomic E-state index is 13.6. The van der Waals surface area contributed by atoms with E-state index in [-0.39, 0.29) is 17.2 Å². The summed E-state index contributed by atoms with van der Waals surface area (Å²) in [5, 5.41) is 0. The predicted molar refractivity (Wildman–Crippen MR) is 110 cm³/mol. The highest BCUT2D eigenvalue weighted by Crippen LogP contribution is 2.35. The van der Waals surface area contributed by atoms with Crippen molar-refractivity contribution in [3.8, 4) is 0 Å². The normalized spacial score (nSPS) is 19.0. The van der Waals surface area contributed by atoms with Crippen LogP contribution in [0, 0.1) is 5.82 Å². The fourth-order valence-electron chi connectivity index (χ4n) is 4.01. The number of hydrogen-bond acceptors (Lipinski definition) is 4. The van der Waals surface area contributed by atoms with Gasteiger partial charge in [0.05, 0.1) is 16.3 Å². The van der Waals surface area contributed by atoms with Crippen molar-refractivity contribution in [1.29, 1.82) is 0 Å². The summed E-state index contributed by atoms with van der Waals surface area (Å²) in [7, 11) is 0. The number of aromatic nitrogens is 1. The number of thiazole rings is 1. The highest BCUT2D eigenvalue weighted by molar-refractivity contribution is 7.07. The molecule has 1 aliphatic carbocycles. The molecule has 5 rings (SSSR count). The summed E-state index contributed by atoms with van der Waals surface area (Å²) < 4.78 is 15.7. The van der Waals surface area contributed by atoms with Gasteiger partial charge in [0.2, 0.25) is 0 Å². The Morgan fingerprint density at radius 2 is 1.90 bits per heavy atom. The fourth-order valence-corrected chi connectivity index (χ4v) is 5.03. The van der Waals surface area contributed by atoms with Gasteiger partial charge < -0.3 is 0 Å². The summed E-state index contributed by atoms with van der Waals surface area (Å²) in [6.45, 7) is 0. The highest BCUT2D eigenvalue weighted by atomic mass is 32.1. The van der Waals surface area contributed by atoms with Crippen LogP contribution in [0.15, 0.2) is 75.7 Å². The Kier molecular flexibility index (Phi) is 4.36. The Balaban J connectivity index is 1.77. The van der Waals surface area contributed by atoms with Crippen LogP contribution in [0.3, 0.4) is 0 Å². The lowest BCUT2D eigenvalue weighted by atomic mass is 9.86. The molecule has 1 aliphatic heterocycles. The van der Waals surface area contributed by atoms with Gasteiger partial charge in [-0.05, 0) is 42.2 Å². The number of Topliss-reactive ketones (excluding diaryl/α,β-unsaturated/α-hetero) is 1. The first-order valence-corrected chi connectivity index (χ1v) is 10.3. The number of hydrogen-bond donors (Lipinski definition) is 0. The van der Waals surface area contributed by atoms with Gasteiger partial charge in [0, 0.05) is 12.0 Å². The zero-order valence-electron chi connectivity index (χ0n) is 15.5. The third-order valence-electron chi connectivity index (χ3n) is 5.29. The molecular weight excluding hydrogens is 387 g/mol. The molecule has 0 bridgehead atoms. The van der Waals surface area contributed by atoms with Crippen molar-refractivity contribution in [2.45, 2.75) is 25.3 Å². The van der Waals surface area contributed by atoms with Gasteiger partial charge in [-0.15, -0.1) is 0 Å². The van der Waals surface area contributed by atoms with E-state index in [0.29, 0.717) is 26.9 Å². The molecule has 2 aliphatic rings. The van der Waals surface area contributed by atoms with E-state index in [2.05, 4.69) is 4.99 Å². The zero-order valence-corrected chi connectivity index (χ0v) is 16.3. The maximum absolute atomic E-state index is 13.6. The van der Waals surface area contributed by atoms with Gasteiger partial charge in [0.25, 0.3) is 5.56 Å². The molecular formula is C23H17FN2O2S. The SMILES string of the molecule is O=C1CCCC2=C1[C@H](c1ccccc1)n1c(s/c(=C/c3cccc(F)c3)c1=O)=N2. The summed E-state index contributed by atoms with van der Waals surface area (Å²) in [6, 6.07) is 15.3. The van der Waals surface area contributed by atoms with Crippen LogP contribution in [0.25, 0.3) is 6.08 Å². The molecule has 0 radical (unpaired) electrons. The van der Waals surface area contributed by atoms with Crippen LogP contribution in [0.4, 0.5) is 4.39 Å². The Labute approximate surface area is 170 Å². The second-order valence-electron chi connectivity index (χ2n) is 7.19. The lowest BCUT2D eigenvalue weighted by Crippen LogP contribution is -2.40. The van der Waals surface area contributed by atoms with Crippen LogP contribution < -0.4 is 14.9 Å². The van der Waals surface area contributed by atoms with Gasteiger partial charge in [-0.3, -0.25) is 14.2 Å². The number of fused-ring (bicyclic) bond motifs is 1. The van der Waals surface area contributed by atoms with Gasteiger partial charge >= 0.3 is 0 Å². The van der Waals surface area contributed by atoms with E-state index in [0.717, 1.165) is 24.1 Å². The van der Waals surface area contributed by atoms with Crippen LogP contribution in [0.1, 0.15) is 36.4 Å². The lowest BCUT2D eigenvalue weighted by molar-refractivity contribution is -0.116. The summed E-state index contributed by atoms with van der Waals surface area (Å²) in [6.07, 6.45) is 3.67. The zero-order chi connectivity index (χ0) is 20.0. The molecule has 0 saturated carbocycles. The standard InChI is InChI=1S/C23H17FN2O2S/c24-16-9-4-6-14(12-16)13-19-22(28)26-21(15-7-2-1-3-8-15)20-17(25-23(26)29-19)10-5-11-18(20)27/h1-4,6-9,12-13,21H,5,10-11H2/b19-13+/t21-/m0/s1. The van der Waals surface area contributed by atoms with Gasteiger partial charge in [0.1, 0.15) is 5.82 Å². The maximum Gasteiger partial charge on any atom is 0.271 e. The largest absolute Gasteiger partial charge is 0.294 e. The molecule has 0 saturated heterocycles. The molecule has 1 atom stereocenters. The van der Waals surface area contributed by atoms with Crippen molar-refractivity contribution in [2.24, 2.45) is 4.99 Å². The van der Waals surface area contributed by atoms with Crippen LogP contribution in [-0.4, -0.2) is 10.4 Å². The van der Waals surface area contributed by atoms with Crippen molar-refractivity contribution in [3.05, 3.63) is 102 Å². The van der Waals surface area contributed by atoms with E-state index >= 15 is 0 Å². The van der Waals surface area contributed by atoms with E-state index < -0.39 is 6.04 Å². The third-order valence-corrected chi connectivity index (χ3v) is 6.27. The molecule has 2 heterocycles. The van der Waals surface area contributed by atoms with Crippen molar-refractivity contribution in [3.63, 3.8) is 0 Å². The molecule has 0 spiro atoms. The quantitative estimate of drug-likeness (QED) is 0.659. The molecule has 0 N–H and O–H groups in total. The van der Waals surface area contributed by atoms with Gasteiger partial charge in [-0.25, -0.2) is 9.38 Å². The molecule has 0 fully saturated rings. The molecule has 0 unspecified atom stereocenters. The van der Waals surface area contributed by atoms with Crippen molar-refractivity contribution in [1.82, 2.24) is 4.57 Å². The number of allylic oxidation sites excluding steroid dienone is 2. The predicted octanol–water partition coefficient (Wildman–Crippen LogP) is 3.11. The number of ketones is 1.